The zero-order valence-corrected chi connectivity index (χ0v) is 13.1. The molecule has 1 aliphatic rings. The highest BCUT2D eigenvalue weighted by Crippen LogP contribution is 2.15. The van der Waals surface area contributed by atoms with E-state index in [1.54, 1.807) is 0 Å². The summed E-state index contributed by atoms with van der Waals surface area (Å²) in [6.45, 7) is 3.46. The minimum atomic E-state index is -0.218. The van der Waals surface area contributed by atoms with Gasteiger partial charge in [-0.1, -0.05) is 18.2 Å². The van der Waals surface area contributed by atoms with Crippen LogP contribution < -0.4 is 10.6 Å². The summed E-state index contributed by atoms with van der Waals surface area (Å²) in [5, 5.41) is 6.00. The highest BCUT2D eigenvalue weighted by Gasteiger charge is 2.15. The molecule has 0 bridgehead atoms. The molecule has 1 fully saturated rings. The van der Waals surface area contributed by atoms with E-state index in [1.807, 2.05) is 31.2 Å². The lowest BCUT2D eigenvalue weighted by atomic mass is 10.2. The molecule has 6 nitrogen and oxygen atoms in total. The largest absolute Gasteiger partial charge is 0.376 e. The van der Waals surface area contributed by atoms with Gasteiger partial charge in [0, 0.05) is 31.2 Å². The van der Waals surface area contributed by atoms with Crippen LogP contribution in [0.1, 0.15) is 28.8 Å². The van der Waals surface area contributed by atoms with Gasteiger partial charge in [-0.15, -0.1) is 0 Å². The lowest BCUT2D eigenvalue weighted by Crippen LogP contribution is -2.20. The Kier molecular flexibility index (Phi) is 4.83. The molecule has 1 saturated heterocycles. The molecule has 23 heavy (non-hydrogen) atoms. The van der Waals surface area contributed by atoms with Gasteiger partial charge in [-0.2, -0.15) is 0 Å². The second-order valence-electron chi connectivity index (χ2n) is 5.58. The fourth-order valence-corrected chi connectivity index (χ4v) is 2.45. The van der Waals surface area contributed by atoms with Gasteiger partial charge in [0.25, 0.3) is 5.91 Å². The first-order valence-electron chi connectivity index (χ1n) is 7.77. The Bertz CT molecular complexity index is 667. The van der Waals surface area contributed by atoms with Gasteiger partial charge in [-0.25, -0.2) is 9.97 Å². The van der Waals surface area contributed by atoms with Gasteiger partial charge in [0.1, 0.15) is 0 Å². The monoisotopic (exact) mass is 312 g/mol. The fraction of sp³-hybridized carbons (Fsp3) is 0.353. The summed E-state index contributed by atoms with van der Waals surface area (Å²) in [4.78, 5) is 20.6. The fourth-order valence-electron chi connectivity index (χ4n) is 2.45. The second-order valence-corrected chi connectivity index (χ2v) is 5.58. The third kappa shape index (κ3) is 4.04. The maximum atomic E-state index is 12.2. The molecule has 1 unspecified atom stereocenters. The third-order valence-electron chi connectivity index (χ3n) is 3.82. The highest BCUT2D eigenvalue weighted by molar-refractivity contribution is 6.04. The Morgan fingerprint density at radius 3 is 2.78 bits per heavy atom. The molecule has 1 amide bonds. The maximum absolute atomic E-state index is 12.2. The predicted molar refractivity (Wildman–Crippen MR) is 88.6 cm³/mol. The number of carbonyl (C=O) groups is 1. The number of amides is 1. The average Bonchev–Trinajstić information content (AvgIpc) is 3.09. The zero-order valence-electron chi connectivity index (χ0n) is 13.1. The van der Waals surface area contributed by atoms with E-state index >= 15 is 0 Å². The quantitative estimate of drug-likeness (QED) is 0.887. The number of ether oxygens (including phenoxy) is 1. The molecule has 0 aliphatic carbocycles. The van der Waals surface area contributed by atoms with E-state index in [9.17, 15) is 4.79 Å². The standard InChI is InChI=1S/C17H20N4O2/c1-12-5-2-3-7-15(12)21-16(22)13-9-18-17(19-10-13)20-11-14-6-4-8-23-14/h2-3,5,7,9-10,14H,4,6,8,11H2,1H3,(H,21,22)(H,18,19,20). The molecule has 1 atom stereocenters. The number of hydrogen-bond donors (Lipinski definition) is 2. The number of carbonyl (C=O) groups excluding carboxylic acids is 1. The number of para-hydroxylation sites is 1. The summed E-state index contributed by atoms with van der Waals surface area (Å²) >= 11 is 0. The Hall–Kier alpha value is -2.47. The van der Waals surface area contributed by atoms with Crippen molar-refractivity contribution in [3.8, 4) is 0 Å². The molecular weight excluding hydrogens is 292 g/mol. The minimum Gasteiger partial charge on any atom is -0.376 e. The molecule has 3 rings (SSSR count). The van der Waals surface area contributed by atoms with Crippen molar-refractivity contribution >= 4 is 17.5 Å². The molecule has 2 heterocycles. The number of aryl methyl sites for hydroxylation is 1. The van der Waals surface area contributed by atoms with Crippen molar-refractivity contribution in [3.05, 3.63) is 47.8 Å². The molecular formula is C17H20N4O2. The lowest BCUT2D eigenvalue weighted by Gasteiger charge is -2.11. The van der Waals surface area contributed by atoms with Crippen LogP contribution in [0, 0.1) is 6.92 Å². The van der Waals surface area contributed by atoms with Crippen molar-refractivity contribution < 1.29 is 9.53 Å². The first-order valence-corrected chi connectivity index (χ1v) is 7.77. The van der Waals surface area contributed by atoms with Gasteiger partial charge in [-0.3, -0.25) is 4.79 Å². The molecule has 1 aromatic carbocycles. The number of aromatic nitrogens is 2. The number of nitrogens with zero attached hydrogens (tertiary/aromatic N) is 2. The van der Waals surface area contributed by atoms with Gasteiger partial charge < -0.3 is 15.4 Å². The Balaban J connectivity index is 1.57. The van der Waals surface area contributed by atoms with Crippen molar-refractivity contribution in [2.24, 2.45) is 0 Å². The Morgan fingerprint density at radius 2 is 2.09 bits per heavy atom. The van der Waals surface area contributed by atoms with Crippen molar-refractivity contribution in [3.63, 3.8) is 0 Å². The molecule has 1 aliphatic heterocycles. The number of benzene rings is 1. The summed E-state index contributed by atoms with van der Waals surface area (Å²) in [5.74, 6) is 0.290. The average molecular weight is 312 g/mol. The van der Waals surface area contributed by atoms with Crippen molar-refractivity contribution in [1.29, 1.82) is 0 Å². The van der Waals surface area contributed by atoms with E-state index in [-0.39, 0.29) is 12.0 Å². The molecule has 1 aromatic heterocycles. The van der Waals surface area contributed by atoms with Crippen LogP contribution in [-0.2, 0) is 4.74 Å². The first-order chi connectivity index (χ1) is 11.2. The Morgan fingerprint density at radius 1 is 1.30 bits per heavy atom. The molecule has 120 valence electrons. The summed E-state index contributed by atoms with van der Waals surface area (Å²) < 4.78 is 5.53. The van der Waals surface area contributed by atoms with Crippen LogP contribution in [0.25, 0.3) is 0 Å². The molecule has 0 saturated carbocycles. The van der Waals surface area contributed by atoms with E-state index in [2.05, 4.69) is 20.6 Å². The zero-order chi connectivity index (χ0) is 16.1. The maximum Gasteiger partial charge on any atom is 0.258 e. The van der Waals surface area contributed by atoms with Crippen LogP contribution in [0.5, 0.6) is 0 Å². The van der Waals surface area contributed by atoms with E-state index in [4.69, 9.17) is 4.74 Å². The lowest BCUT2D eigenvalue weighted by molar-refractivity contribution is 0.102. The van der Waals surface area contributed by atoms with E-state index in [0.29, 0.717) is 18.1 Å². The van der Waals surface area contributed by atoms with Crippen LogP contribution in [0.3, 0.4) is 0 Å². The van der Waals surface area contributed by atoms with E-state index < -0.39 is 0 Å². The van der Waals surface area contributed by atoms with Gasteiger partial charge in [0.05, 0.1) is 11.7 Å². The van der Waals surface area contributed by atoms with Crippen molar-refractivity contribution in [2.75, 3.05) is 23.8 Å². The van der Waals surface area contributed by atoms with Crippen LogP contribution in [0.4, 0.5) is 11.6 Å². The molecule has 2 N–H and O–H groups in total. The molecule has 6 heteroatoms. The van der Waals surface area contributed by atoms with Crippen LogP contribution in [-0.4, -0.2) is 35.1 Å². The number of nitrogens with one attached hydrogen (secondary N) is 2. The smallest absolute Gasteiger partial charge is 0.258 e. The number of anilines is 2. The number of rotatable bonds is 5. The topological polar surface area (TPSA) is 76.1 Å². The molecule has 2 aromatic rings. The van der Waals surface area contributed by atoms with Gasteiger partial charge >= 0.3 is 0 Å². The van der Waals surface area contributed by atoms with Crippen molar-refractivity contribution in [2.45, 2.75) is 25.9 Å². The van der Waals surface area contributed by atoms with Crippen LogP contribution >= 0.6 is 0 Å². The van der Waals surface area contributed by atoms with Crippen molar-refractivity contribution in [1.82, 2.24) is 9.97 Å². The second kappa shape index (κ2) is 7.19. The highest BCUT2D eigenvalue weighted by atomic mass is 16.5. The summed E-state index contributed by atoms with van der Waals surface area (Å²) in [7, 11) is 0. The summed E-state index contributed by atoms with van der Waals surface area (Å²) in [6, 6.07) is 7.63. The molecule has 0 spiro atoms. The normalized spacial score (nSPS) is 17.0. The SMILES string of the molecule is Cc1ccccc1NC(=O)c1cnc(NCC2CCCO2)nc1. The molecule has 0 radical (unpaired) electrons. The summed E-state index contributed by atoms with van der Waals surface area (Å²) in [5.41, 5.74) is 2.23. The third-order valence-corrected chi connectivity index (χ3v) is 3.82. The first kappa shape index (κ1) is 15.4. The predicted octanol–water partition coefficient (Wildman–Crippen LogP) is 2.63. The minimum absolute atomic E-state index is 0.218. The van der Waals surface area contributed by atoms with Gasteiger partial charge in [-0.05, 0) is 31.4 Å². The van der Waals surface area contributed by atoms with Gasteiger partial charge in [0.15, 0.2) is 0 Å². The summed E-state index contributed by atoms with van der Waals surface area (Å²) in [6.07, 6.45) is 5.44. The van der Waals surface area contributed by atoms with E-state index in [1.165, 1.54) is 12.4 Å². The van der Waals surface area contributed by atoms with E-state index in [0.717, 1.165) is 30.7 Å². The number of hydrogen-bond acceptors (Lipinski definition) is 5. The Labute approximate surface area is 135 Å². The van der Waals surface area contributed by atoms with Crippen LogP contribution in [0.15, 0.2) is 36.7 Å². The van der Waals surface area contributed by atoms with Crippen LogP contribution in [0.2, 0.25) is 0 Å². The van der Waals surface area contributed by atoms with Gasteiger partial charge in [0.2, 0.25) is 5.95 Å².